The highest BCUT2D eigenvalue weighted by Gasteiger charge is 2.26. The van der Waals surface area contributed by atoms with Gasteiger partial charge in [-0.3, -0.25) is 4.98 Å². The highest BCUT2D eigenvalue weighted by molar-refractivity contribution is 9.10. The van der Waals surface area contributed by atoms with Gasteiger partial charge in [-0.15, -0.1) is 0 Å². The third-order valence-corrected chi connectivity index (χ3v) is 5.72. The fraction of sp³-hybridized carbons (Fsp3) is 0.308. The second kappa shape index (κ2) is 6.69. The van der Waals surface area contributed by atoms with E-state index in [1.54, 1.807) is 6.20 Å². The van der Waals surface area contributed by atoms with Gasteiger partial charge < -0.3 is 10.2 Å². The van der Waals surface area contributed by atoms with Crippen molar-refractivity contribution in [3.8, 4) is 0 Å². The van der Waals surface area contributed by atoms with Gasteiger partial charge in [-0.25, -0.2) is 12.7 Å². The highest BCUT2D eigenvalue weighted by atomic mass is 79.9. The Balaban J connectivity index is 2.13. The number of hydrogen-bond donors (Lipinski definition) is 1. The molecule has 2 N–H and O–H groups in total. The summed E-state index contributed by atoms with van der Waals surface area (Å²) in [6, 6.07) is 7.00. The number of hydrogen-bond acceptors (Lipinski definition) is 5. The van der Waals surface area contributed by atoms with Crippen LogP contribution in [0, 0.1) is 0 Å². The predicted octanol–water partition coefficient (Wildman–Crippen LogP) is 1.76. The van der Waals surface area contributed by atoms with Crippen molar-refractivity contribution in [1.82, 2.24) is 9.29 Å². The normalized spacial score (nSPS) is 12.0. The van der Waals surface area contributed by atoms with Crippen LogP contribution in [-0.2, 0) is 23.0 Å². The van der Waals surface area contributed by atoms with Crippen molar-refractivity contribution in [2.24, 2.45) is 5.73 Å². The minimum Gasteiger partial charge on any atom is -0.452 e. The Bertz CT molecular complexity index is 701. The Hall–Kier alpha value is -1.22. The molecule has 0 saturated heterocycles. The maximum absolute atomic E-state index is 12.5. The van der Waals surface area contributed by atoms with Crippen molar-refractivity contribution in [3.05, 3.63) is 46.6 Å². The van der Waals surface area contributed by atoms with E-state index in [-0.39, 0.29) is 16.1 Å². The van der Waals surface area contributed by atoms with E-state index in [1.165, 1.54) is 17.4 Å². The van der Waals surface area contributed by atoms with Crippen LogP contribution in [0.5, 0.6) is 0 Å². The van der Waals surface area contributed by atoms with Crippen molar-refractivity contribution in [1.29, 1.82) is 0 Å². The van der Waals surface area contributed by atoms with Crippen molar-refractivity contribution in [3.63, 3.8) is 0 Å². The van der Waals surface area contributed by atoms with Crippen LogP contribution >= 0.6 is 15.9 Å². The zero-order valence-corrected chi connectivity index (χ0v) is 13.9. The molecule has 0 amide bonds. The number of halogens is 1. The summed E-state index contributed by atoms with van der Waals surface area (Å²) in [4.78, 5) is 4.26. The van der Waals surface area contributed by atoms with E-state index in [9.17, 15) is 8.42 Å². The molecule has 21 heavy (non-hydrogen) atoms. The van der Waals surface area contributed by atoms with Crippen LogP contribution in [0.2, 0.25) is 0 Å². The van der Waals surface area contributed by atoms with E-state index in [1.807, 2.05) is 18.2 Å². The molecule has 0 aliphatic heterocycles. The van der Waals surface area contributed by atoms with Crippen LogP contribution in [0.3, 0.4) is 0 Å². The molecule has 0 aliphatic carbocycles. The second-order valence-electron chi connectivity index (χ2n) is 4.45. The molecule has 0 saturated carbocycles. The summed E-state index contributed by atoms with van der Waals surface area (Å²) in [5.74, 6) is 0.415. The smallest absolute Gasteiger partial charge is 0.247 e. The Kier molecular flexibility index (Phi) is 5.15. The maximum atomic E-state index is 12.5. The molecule has 0 unspecified atom stereocenters. The summed E-state index contributed by atoms with van der Waals surface area (Å²) in [6.07, 6.45) is 2.22. The Morgan fingerprint density at radius 3 is 2.76 bits per heavy atom. The lowest BCUT2D eigenvalue weighted by molar-refractivity contribution is 0.461. The zero-order chi connectivity index (χ0) is 15.5. The summed E-state index contributed by atoms with van der Waals surface area (Å²) in [6.45, 7) is 0.473. The van der Waals surface area contributed by atoms with E-state index in [2.05, 4.69) is 20.9 Å². The first-order valence-electron chi connectivity index (χ1n) is 6.29. The third-order valence-electron chi connectivity index (χ3n) is 3.00. The fourth-order valence-corrected chi connectivity index (χ4v) is 3.91. The average Bonchev–Trinajstić information content (AvgIpc) is 2.87. The van der Waals surface area contributed by atoms with Crippen molar-refractivity contribution in [2.75, 3.05) is 13.6 Å². The quantitative estimate of drug-likeness (QED) is 0.832. The lowest BCUT2D eigenvalue weighted by Crippen LogP contribution is -2.29. The molecule has 0 aliphatic rings. The van der Waals surface area contributed by atoms with Crippen LogP contribution in [-0.4, -0.2) is 31.3 Å². The Morgan fingerprint density at radius 2 is 2.19 bits per heavy atom. The molecule has 8 heteroatoms. The monoisotopic (exact) mass is 373 g/mol. The SMILES string of the molecule is CN(CCc1ccccn1)S(=O)(=O)c1cc(CN)oc1Br. The number of pyridine rings is 1. The maximum Gasteiger partial charge on any atom is 0.247 e. The Labute approximate surface area is 132 Å². The van der Waals surface area contributed by atoms with Gasteiger partial charge in [0, 0.05) is 38.0 Å². The minimum absolute atomic E-state index is 0.0893. The molecular formula is C13H16BrN3O3S. The van der Waals surface area contributed by atoms with E-state index in [4.69, 9.17) is 10.2 Å². The van der Waals surface area contributed by atoms with Gasteiger partial charge in [-0.1, -0.05) is 6.07 Å². The predicted molar refractivity (Wildman–Crippen MR) is 82.1 cm³/mol. The number of rotatable bonds is 6. The second-order valence-corrected chi connectivity index (χ2v) is 7.19. The Morgan fingerprint density at radius 1 is 1.43 bits per heavy atom. The molecular weight excluding hydrogens is 358 g/mol. The van der Waals surface area contributed by atoms with Crippen molar-refractivity contribution < 1.29 is 12.8 Å². The van der Waals surface area contributed by atoms with Gasteiger partial charge in [0.15, 0.2) is 4.67 Å². The molecule has 6 nitrogen and oxygen atoms in total. The average molecular weight is 374 g/mol. The first-order valence-corrected chi connectivity index (χ1v) is 8.53. The number of likely N-dealkylation sites (N-methyl/N-ethyl adjacent to an activating group) is 1. The van der Waals surface area contributed by atoms with Gasteiger partial charge in [-0.2, -0.15) is 0 Å². The minimum atomic E-state index is -3.62. The lowest BCUT2D eigenvalue weighted by atomic mass is 10.3. The molecule has 2 heterocycles. The van der Waals surface area contributed by atoms with Gasteiger partial charge in [0.25, 0.3) is 0 Å². The topological polar surface area (TPSA) is 89.4 Å². The molecule has 0 atom stereocenters. The van der Waals surface area contributed by atoms with E-state index < -0.39 is 10.0 Å². The van der Waals surface area contributed by atoms with Crippen LogP contribution < -0.4 is 5.73 Å². The molecule has 2 aromatic heterocycles. The summed E-state index contributed by atoms with van der Waals surface area (Å²) >= 11 is 3.12. The van der Waals surface area contributed by atoms with Gasteiger partial charge in [0.05, 0.1) is 6.54 Å². The summed E-state index contributed by atoms with van der Waals surface area (Å²) < 4.78 is 31.6. The summed E-state index contributed by atoms with van der Waals surface area (Å²) in [5.41, 5.74) is 6.30. The molecule has 0 bridgehead atoms. The van der Waals surface area contributed by atoms with Crippen molar-refractivity contribution >= 4 is 26.0 Å². The molecule has 2 rings (SSSR count). The van der Waals surface area contributed by atoms with Gasteiger partial charge in [-0.05, 0) is 28.1 Å². The fourth-order valence-electron chi connectivity index (χ4n) is 1.78. The largest absolute Gasteiger partial charge is 0.452 e. The number of sulfonamides is 1. The van der Waals surface area contributed by atoms with Gasteiger partial charge >= 0.3 is 0 Å². The number of nitrogens with two attached hydrogens (primary N) is 1. The first-order chi connectivity index (χ1) is 9.95. The standard InChI is InChI=1S/C13H16BrN3O3S/c1-17(7-5-10-4-2-3-6-16-10)21(18,19)12-8-11(9-15)20-13(12)14/h2-4,6,8H,5,7,9,15H2,1H3. The third kappa shape index (κ3) is 3.70. The molecule has 0 aromatic carbocycles. The summed E-state index contributed by atoms with van der Waals surface area (Å²) in [5, 5.41) is 0. The molecule has 0 spiro atoms. The van der Waals surface area contributed by atoms with E-state index in [0.29, 0.717) is 18.7 Å². The highest BCUT2D eigenvalue weighted by Crippen LogP contribution is 2.28. The molecule has 0 radical (unpaired) electrons. The number of furan rings is 1. The summed E-state index contributed by atoms with van der Waals surface area (Å²) in [7, 11) is -2.09. The van der Waals surface area contributed by atoms with Crippen molar-refractivity contribution in [2.45, 2.75) is 17.9 Å². The zero-order valence-electron chi connectivity index (χ0n) is 11.5. The van der Waals surface area contributed by atoms with Crippen LogP contribution in [0.4, 0.5) is 0 Å². The van der Waals surface area contributed by atoms with Gasteiger partial charge in [0.2, 0.25) is 10.0 Å². The van der Waals surface area contributed by atoms with Crippen LogP contribution in [0.1, 0.15) is 11.5 Å². The van der Waals surface area contributed by atoms with Crippen LogP contribution in [0.15, 0.2) is 44.4 Å². The molecule has 114 valence electrons. The molecule has 0 fully saturated rings. The first kappa shape index (κ1) is 16.2. The van der Waals surface area contributed by atoms with E-state index >= 15 is 0 Å². The van der Waals surface area contributed by atoms with E-state index in [0.717, 1.165) is 5.69 Å². The number of aromatic nitrogens is 1. The molecule has 2 aromatic rings. The van der Waals surface area contributed by atoms with Crippen LogP contribution in [0.25, 0.3) is 0 Å². The number of nitrogens with zero attached hydrogens (tertiary/aromatic N) is 2. The van der Waals surface area contributed by atoms with Gasteiger partial charge in [0.1, 0.15) is 10.7 Å². The lowest BCUT2D eigenvalue weighted by Gasteiger charge is -2.15.